The van der Waals surface area contributed by atoms with Crippen LogP contribution in [-0.4, -0.2) is 37.7 Å². The molecule has 0 unspecified atom stereocenters. The molecule has 0 aliphatic heterocycles. The molecule has 1 aromatic heterocycles. The first kappa shape index (κ1) is 20.1. The number of ether oxygens (including phenoxy) is 3. The van der Waals surface area contributed by atoms with E-state index >= 15 is 0 Å². The van der Waals surface area contributed by atoms with Gasteiger partial charge < -0.3 is 14.2 Å². The zero-order valence-corrected chi connectivity index (χ0v) is 16.8. The molecule has 8 heteroatoms. The average Bonchev–Trinajstić information content (AvgIpc) is 3.38. The summed E-state index contributed by atoms with van der Waals surface area (Å²) in [6, 6.07) is 5.49. The Morgan fingerprint density at radius 2 is 1.93 bits per heavy atom. The molecule has 1 aromatic carbocycles. The molecule has 1 aliphatic rings. The van der Waals surface area contributed by atoms with Gasteiger partial charge in [-0.25, -0.2) is 4.98 Å². The number of hydrogen-bond donors (Lipinski definition) is 1. The highest BCUT2D eigenvalue weighted by atomic mass is 32.1. The van der Waals surface area contributed by atoms with E-state index in [0.717, 1.165) is 18.4 Å². The number of nitrogens with one attached hydrogen (secondary N) is 1. The monoisotopic (exact) mass is 404 g/mol. The highest BCUT2D eigenvalue weighted by Crippen LogP contribution is 2.33. The second-order valence-corrected chi connectivity index (χ2v) is 7.53. The summed E-state index contributed by atoms with van der Waals surface area (Å²) in [5.41, 5.74) is 1.55. The van der Waals surface area contributed by atoms with Crippen LogP contribution in [0, 0.1) is 5.92 Å². The standard InChI is InChI=1S/C20H24N2O5S/c1-25-16-8-7-14(10-17(16)26-2)15-12-28-20(21-15)22-18(23)11-27-19(24)9-13-5-3-4-6-13/h7-8,10,12-13H,3-6,9,11H2,1-2H3,(H,21,22,23). The van der Waals surface area contributed by atoms with Crippen LogP contribution in [0.25, 0.3) is 11.3 Å². The third-order valence-corrected chi connectivity index (χ3v) is 5.48. The number of anilines is 1. The van der Waals surface area contributed by atoms with Crippen LogP contribution >= 0.6 is 11.3 Å². The van der Waals surface area contributed by atoms with Crippen molar-refractivity contribution in [2.24, 2.45) is 5.92 Å². The zero-order valence-electron chi connectivity index (χ0n) is 16.0. The molecule has 3 rings (SSSR count). The Kier molecular flexibility index (Phi) is 6.86. The van der Waals surface area contributed by atoms with E-state index in [1.165, 1.54) is 24.2 Å². The van der Waals surface area contributed by atoms with Crippen molar-refractivity contribution in [3.05, 3.63) is 23.6 Å². The van der Waals surface area contributed by atoms with E-state index in [0.29, 0.717) is 34.7 Å². The molecule has 2 aromatic rings. The van der Waals surface area contributed by atoms with E-state index in [-0.39, 0.29) is 12.6 Å². The molecule has 28 heavy (non-hydrogen) atoms. The van der Waals surface area contributed by atoms with E-state index < -0.39 is 5.91 Å². The summed E-state index contributed by atoms with van der Waals surface area (Å²) in [6.07, 6.45) is 4.88. The van der Waals surface area contributed by atoms with E-state index in [1.54, 1.807) is 20.3 Å². The largest absolute Gasteiger partial charge is 0.493 e. The van der Waals surface area contributed by atoms with Crippen LogP contribution in [0.5, 0.6) is 11.5 Å². The molecular formula is C20H24N2O5S. The van der Waals surface area contributed by atoms with Crippen LogP contribution in [0.1, 0.15) is 32.1 Å². The first-order valence-corrected chi connectivity index (χ1v) is 10.1. The van der Waals surface area contributed by atoms with E-state index in [1.807, 2.05) is 17.5 Å². The number of rotatable bonds is 8. The Bertz CT molecular complexity index is 830. The lowest BCUT2D eigenvalue weighted by Crippen LogP contribution is -2.21. The lowest BCUT2D eigenvalue weighted by molar-refractivity contribution is -0.148. The molecule has 150 valence electrons. The third-order valence-electron chi connectivity index (χ3n) is 4.72. The van der Waals surface area contributed by atoms with E-state index in [9.17, 15) is 9.59 Å². The quantitative estimate of drug-likeness (QED) is 0.672. The maximum Gasteiger partial charge on any atom is 0.306 e. The van der Waals surface area contributed by atoms with Crippen LogP contribution in [0.4, 0.5) is 5.13 Å². The molecule has 1 heterocycles. The second kappa shape index (κ2) is 9.54. The maximum atomic E-state index is 12.0. The van der Waals surface area contributed by atoms with Gasteiger partial charge in [-0.05, 0) is 37.0 Å². The summed E-state index contributed by atoms with van der Waals surface area (Å²) in [6.45, 7) is -0.295. The minimum Gasteiger partial charge on any atom is -0.493 e. The molecule has 0 spiro atoms. The molecule has 1 N–H and O–H groups in total. The van der Waals surface area contributed by atoms with Crippen molar-refractivity contribution in [2.45, 2.75) is 32.1 Å². The van der Waals surface area contributed by atoms with Crippen molar-refractivity contribution >= 4 is 28.3 Å². The van der Waals surface area contributed by atoms with Gasteiger partial charge in [-0.3, -0.25) is 14.9 Å². The SMILES string of the molecule is COc1ccc(-c2csc(NC(=O)COC(=O)CC3CCCC3)n2)cc1OC. The van der Waals surface area contributed by atoms with Gasteiger partial charge in [-0.2, -0.15) is 0 Å². The Morgan fingerprint density at radius 3 is 2.64 bits per heavy atom. The topological polar surface area (TPSA) is 86.8 Å². The summed E-state index contributed by atoms with van der Waals surface area (Å²) >= 11 is 1.30. The Morgan fingerprint density at radius 1 is 1.18 bits per heavy atom. The van der Waals surface area contributed by atoms with Crippen molar-refractivity contribution in [3.63, 3.8) is 0 Å². The van der Waals surface area contributed by atoms with E-state index in [2.05, 4.69) is 10.3 Å². The number of aromatic nitrogens is 1. The third kappa shape index (κ3) is 5.22. The molecule has 0 saturated heterocycles. The predicted molar refractivity (Wildman–Crippen MR) is 107 cm³/mol. The number of carbonyl (C=O) groups excluding carboxylic acids is 2. The normalized spacial score (nSPS) is 13.9. The minimum atomic E-state index is -0.395. The molecular weight excluding hydrogens is 380 g/mol. The van der Waals surface area contributed by atoms with Gasteiger partial charge in [0.2, 0.25) is 0 Å². The predicted octanol–water partition coefficient (Wildman–Crippen LogP) is 3.89. The first-order valence-electron chi connectivity index (χ1n) is 9.22. The van der Waals surface area contributed by atoms with Crippen molar-refractivity contribution in [2.75, 3.05) is 26.1 Å². The van der Waals surface area contributed by atoms with Gasteiger partial charge in [0.1, 0.15) is 0 Å². The number of hydrogen-bond acceptors (Lipinski definition) is 7. The number of thiazole rings is 1. The first-order chi connectivity index (χ1) is 13.6. The Balaban J connectivity index is 1.52. The van der Waals surface area contributed by atoms with Crippen molar-refractivity contribution in [3.8, 4) is 22.8 Å². The van der Waals surface area contributed by atoms with Gasteiger partial charge in [0, 0.05) is 17.4 Å². The summed E-state index contributed by atoms with van der Waals surface area (Å²) in [7, 11) is 3.15. The van der Waals surface area contributed by atoms with Crippen LogP contribution in [-0.2, 0) is 14.3 Å². The smallest absolute Gasteiger partial charge is 0.306 e. The van der Waals surface area contributed by atoms with Crippen molar-refractivity contribution in [1.82, 2.24) is 4.98 Å². The van der Waals surface area contributed by atoms with E-state index in [4.69, 9.17) is 14.2 Å². The minimum absolute atomic E-state index is 0.295. The molecule has 7 nitrogen and oxygen atoms in total. The highest BCUT2D eigenvalue weighted by Gasteiger charge is 2.20. The summed E-state index contributed by atoms with van der Waals surface area (Å²) in [5, 5.41) is 4.95. The van der Waals surface area contributed by atoms with Crippen LogP contribution in [0.15, 0.2) is 23.6 Å². The molecule has 1 aliphatic carbocycles. The molecule has 0 radical (unpaired) electrons. The maximum absolute atomic E-state index is 12.0. The van der Waals surface area contributed by atoms with Crippen LogP contribution < -0.4 is 14.8 Å². The van der Waals surface area contributed by atoms with Crippen LogP contribution in [0.3, 0.4) is 0 Å². The van der Waals surface area contributed by atoms with Gasteiger partial charge in [-0.15, -0.1) is 11.3 Å². The van der Waals surface area contributed by atoms with Crippen LogP contribution in [0.2, 0.25) is 0 Å². The molecule has 1 amide bonds. The number of benzene rings is 1. The zero-order chi connectivity index (χ0) is 19.9. The van der Waals surface area contributed by atoms with Gasteiger partial charge in [0.25, 0.3) is 5.91 Å². The molecule has 1 saturated carbocycles. The second-order valence-electron chi connectivity index (χ2n) is 6.67. The lowest BCUT2D eigenvalue weighted by atomic mass is 10.1. The van der Waals surface area contributed by atoms with Gasteiger partial charge in [0.15, 0.2) is 23.2 Å². The van der Waals surface area contributed by atoms with Crippen molar-refractivity contribution < 1.29 is 23.8 Å². The Hall–Kier alpha value is -2.61. The Labute approximate surface area is 168 Å². The summed E-state index contributed by atoms with van der Waals surface area (Å²) < 4.78 is 15.6. The average molecular weight is 404 g/mol. The van der Waals surface area contributed by atoms with Gasteiger partial charge >= 0.3 is 5.97 Å². The molecule has 0 bridgehead atoms. The number of carbonyl (C=O) groups is 2. The molecule has 1 fully saturated rings. The van der Waals surface area contributed by atoms with Gasteiger partial charge in [-0.1, -0.05) is 12.8 Å². The number of methoxy groups -OCH3 is 2. The number of esters is 1. The van der Waals surface area contributed by atoms with Crippen molar-refractivity contribution in [1.29, 1.82) is 0 Å². The van der Waals surface area contributed by atoms with Gasteiger partial charge in [0.05, 0.1) is 19.9 Å². The fourth-order valence-corrected chi connectivity index (χ4v) is 4.01. The summed E-state index contributed by atoms with van der Waals surface area (Å²) in [4.78, 5) is 28.3. The fraction of sp³-hybridized carbons (Fsp3) is 0.450. The highest BCUT2D eigenvalue weighted by molar-refractivity contribution is 7.14. The lowest BCUT2D eigenvalue weighted by Gasteiger charge is -2.09. The molecule has 0 atom stereocenters. The fourth-order valence-electron chi connectivity index (χ4n) is 3.27. The number of amides is 1. The summed E-state index contributed by atoms with van der Waals surface area (Å²) in [5.74, 6) is 0.931. The number of nitrogens with zero attached hydrogens (tertiary/aromatic N) is 1.